The number of amides is 1. The zero-order chi connectivity index (χ0) is 11.5. The third kappa shape index (κ3) is 2.36. The standard InChI is InChI=1S/C8H8F3N3O/c1-12-4-6-2-3-14(8(9,10)11)7(6)13-5-15/h2-5H,1H3,(H,13,15). The van der Waals surface area contributed by atoms with Gasteiger partial charge in [0.15, 0.2) is 0 Å². The van der Waals surface area contributed by atoms with Crippen molar-refractivity contribution < 1.29 is 18.0 Å². The highest BCUT2D eigenvalue weighted by molar-refractivity contribution is 5.90. The van der Waals surface area contributed by atoms with Crippen LogP contribution >= 0.6 is 0 Å². The van der Waals surface area contributed by atoms with Gasteiger partial charge < -0.3 is 5.32 Å². The molecule has 0 fully saturated rings. The SMILES string of the molecule is CN=Cc1ccn(C(F)(F)F)c1NC=O. The summed E-state index contributed by atoms with van der Waals surface area (Å²) in [6, 6.07) is 1.21. The summed E-state index contributed by atoms with van der Waals surface area (Å²) in [6.45, 7) is 0. The summed E-state index contributed by atoms with van der Waals surface area (Å²) in [5.41, 5.74) is 0.196. The van der Waals surface area contributed by atoms with Gasteiger partial charge in [-0.1, -0.05) is 0 Å². The molecule has 0 aliphatic carbocycles. The lowest BCUT2D eigenvalue weighted by Gasteiger charge is -2.11. The van der Waals surface area contributed by atoms with Gasteiger partial charge in [-0.2, -0.15) is 0 Å². The molecule has 7 heteroatoms. The third-order valence-electron chi connectivity index (χ3n) is 1.65. The van der Waals surface area contributed by atoms with Crippen LogP contribution in [0, 0.1) is 0 Å². The number of aromatic nitrogens is 1. The Morgan fingerprint density at radius 1 is 1.53 bits per heavy atom. The second-order valence-corrected chi connectivity index (χ2v) is 2.61. The molecule has 1 aromatic heterocycles. The molecule has 0 spiro atoms. The van der Waals surface area contributed by atoms with Crippen LogP contribution in [-0.4, -0.2) is 24.2 Å². The minimum absolute atomic E-state index is 0.0123. The Balaban J connectivity index is 3.23. The highest BCUT2D eigenvalue weighted by Gasteiger charge is 2.33. The maximum absolute atomic E-state index is 12.4. The van der Waals surface area contributed by atoms with Crippen molar-refractivity contribution in [1.82, 2.24) is 4.57 Å². The summed E-state index contributed by atoms with van der Waals surface area (Å²) in [6.07, 6.45) is -2.33. The first-order chi connectivity index (χ1) is 7.00. The highest BCUT2D eigenvalue weighted by Crippen LogP contribution is 2.29. The predicted octanol–water partition coefficient (Wildman–Crippen LogP) is 1.58. The van der Waals surface area contributed by atoms with Crippen molar-refractivity contribution >= 4 is 18.4 Å². The van der Waals surface area contributed by atoms with E-state index in [9.17, 15) is 18.0 Å². The topological polar surface area (TPSA) is 46.4 Å². The predicted molar refractivity (Wildman–Crippen MR) is 48.9 cm³/mol. The minimum atomic E-state index is -4.56. The summed E-state index contributed by atoms with van der Waals surface area (Å²) in [7, 11) is 1.43. The van der Waals surface area contributed by atoms with Gasteiger partial charge in [0.25, 0.3) is 0 Å². The van der Waals surface area contributed by atoms with Crippen LogP contribution in [0.1, 0.15) is 5.56 Å². The van der Waals surface area contributed by atoms with Crippen LogP contribution in [0.5, 0.6) is 0 Å². The Morgan fingerprint density at radius 2 is 2.20 bits per heavy atom. The van der Waals surface area contributed by atoms with E-state index in [1.807, 2.05) is 5.32 Å². The van der Waals surface area contributed by atoms with Crippen LogP contribution < -0.4 is 5.32 Å². The first-order valence-corrected chi connectivity index (χ1v) is 3.91. The normalized spacial score (nSPS) is 12.0. The van der Waals surface area contributed by atoms with E-state index in [2.05, 4.69) is 4.99 Å². The molecule has 0 saturated carbocycles. The van der Waals surface area contributed by atoms with Crippen LogP contribution in [0.2, 0.25) is 0 Å². The molecule has 1 amide bonds. The number of alkyl halides is 3. The van der Waals surface area contributed by atoms with Gasteiger partial charge >= 0.3 is 6.30 Å². The summed E-state index contributed by atoms with van der Waals surface area (Å²) in [5.74, 6) is -0.344. The molecule has 0 aliphatic heterocycles. The molecule has 4 nitrogen and oxygen atoms in total. The third-order valence-corrected chi connectivity index (χ3v) is 1.65. The molecular formula is C8H8F3N3O. The van der Waals surface area contributed by atoms with Crippen LogP contribution in [0.3, 0.4) is 0 Å². The van der Waals surface area contributed by atoms with Gasteiger partial charge in [-0.3, -0.25) is 9.79 Å². The molecular weight excluding hydrogens is 211 g/mol. The molecule has 1 N–H and O–H groups in total. The van der Waals surface area contributed by atoms with Crippen LogP contribution in [0.25, 0.3) is 0 Å². The molecule has 1 aromatic rings. The zero-order valence-electron chi connectivity index (χ0n) is 7.75. The molecule has 0 unspecified atom stereocenters. The number of aliphatic imine (C=N–C) groups is 1. The highest BCUT2D eigenvalue weighted by atomic mass is 19.4. The van der Waals surface area contributed by atoms with Crippen molar-refractivity contribution in [2.24, 2.45) is 4.99 Å². The first kappa shape index (κ1) is 11.3. The quantitative estimate of drug-likeness (QED) is 0.608. The lowest BCUT2D eigenvalue weighted by molar-refractivity contribution is -0.202. The zero-order valence-corrected chi connectivity index (χ0v) is 7.75. The monoisotopic (exact) mass is 219 g/mol. The number of hydrogen-bond acceptors (Lipinski definition) is 2. The van der Waals surface area contributed by atoms with Crippen molar-refractivity contribution in [2.75, 3.05) is 12.4 Å². The number of carbonyl (C=O) groups is 1. The van der Waals surface area contributed by atoms with Crippen molar-refractivity contribution in [1.29, 1.82) is 0 Å². The lowest BCUT2D eigenvalue weighted by Crippen LogP contribution is -2.18. The molecule has 0 radical (unpaired) electrons. The van der Waals surface area contributed by atoms with Gasteiger partial charge in [-0.05, 0) is 6.07 Å². The number of halogens is 3. The largest absolute Gasteiger partial charge is 0.490 e. The Labute approximate surface area is 83.4 Å². The fourth-order valence-electron chi connectivity index (χ4n) is 1.11. The van der Waals surface area contributed by atoms with E-state index in [-0.39, 0.29) is 22.4 Å². The lowest BCUT2D eigenvalue weighted by atomic mass is 10.3. The first-order valence-electron chi connectivity index (χ1n) is 3.91. The number of anilines is 1. The maximum Gasteiger partial charge on any atom is 0.490 e. The summed E-state index contributed by atoms with van der Waals surface area (Å²) < 4.78 is 37.2. The van der Waals surface area contributed by atoms with Crippen LogP contribution in [0.15, 0.2) is 17.3 Å². The molecule has 0 saturated heterocycles. The molecule has 15 heavy (non-hydrogen) atoms. The molecule has 0 bridgehead atoms. The number of rotatable bonds is 3. The summed E-state index contributed by atoms with van der Waals surface area (Å²) in [5, 5.41) is 1.99. The fraction of sp³-hybridized carbons (Fsp3) is 0.250. The second kappa shape index (κ2) is 4.16. The Kier molecular flexibility index (Phi) is 3.13. The Hall–Kier alpha value is -1.79. The van der Waals surface area contributed by atoms with Gasteiger partial charge in [0, 0.05) is 25.0 Å². The van der Waals surface area contributed by atoms with Gasteiger partial charge in [0.1, 0.15) is 5.82 Å². The maximum atomic E-state index is 12.4. The van der Waals surface area contributed by atoms with E-state index in [0.717, 1.165) is 6.20 Å². The summed E-state index contributed by atoms with van der Waals surface area (Å²) >= 11 is 0. The van der Waals surface area contributed by atoms with E-state index >= 15 is 0 Å². The number of nitrogens with one attached hydrogen (secondary N) is 1. The van der Waals surface area contributed by atoms with Crippen molar-refractivity contribution in [3.63, 3.8) is 0 Å². The average molecular weight is 219 g/mol. The van der Waals surface area contributed by atoms with Gasteiger partial charge in [-0.25, -0.2) is 4.57 Å². The van der Waals surface area contributed by atoms with Crippen molar-refractivity contribution in [2.45, 2.75) is 6.30 Å². The van der Waals surface area contributed by atoms with E-state index in [1.54, 1.807) is 0 Å². The molecule has 82 valence electrons. The van der Waals surface area contributed by atoms with Crippen LogP contribution in [0.4, 0.5) is 19.0 Å². The minimum Gasteiger partial charge on any atom is -0.314 e. The number of hydrogen-bond donors (Lipinski definition) is 1. The molecule has 0 aliphatic rings. The van der Waals surface area contributed by atoms with E-state index in [0.29, 0.717) is 0 Å². The van der Waals surface area contributed by atoms with E-state index in [1.165, 1.54) is 19.3 Å². The molecule has 1 rings (SSSR count). The van der Waals surface area contributed by atoms with Gasteiger partial charge in [0.05, 0.1) is 0 Å². The Morgan fingerprint density at radius 3 is 2.67 bits per heavy atom. The average Bonchev–Trinajstić information content (AvgIpc) is 2.49. The fourth-order valence-corrected chi connectivity index (χ4v) is 1.11. The van der Waals surface area contributed by atoms with Crippen molar-refractivity contribution in [3.8, 4) is 0 Å². The van der Waals surface area contributed by atoms with Crippen molar-refractivity contribution in [3.05, 3.63) is 17.8 Å². The number of carbonyl (C=O) groups excluding carboxylic acids is 1. The van der Waals surface area contributed by atoms with Gasteiger partial charge in [-0.15, -0.1) is 13.2 Å². The molecule has 0 atom stereocenters. The Bertz CT molecular complexity index is 381. The van der Waals surface area contributed by atoms with Gasteiger partial charge in [0.2, 0.25) is 6.41 Å². The molecule has 1 heterocycles. The number of nitrogens with zero attached hydrogens (tertiary/aromatic N) is 2. The van der Waals surface area contributed by atoms with E-state index < -0.39 is 6.30 Å². The summed E-state index contributed by atoms with van der Waals surface area (Å²) in [4.78, 5) is 13.8. The second-order valence-electron chi connectivity index (χ2n) is 2.61. The smallest absolute Gasteiger partial charge is 0.314 e. The molecule has 0 aromatic carbocycles. The van der Waals surface area contributed by atoms with Crippen LogP contribution in [-0.2, 0) is 11.1 Å². The van der Waals surface area contributed by atoms with E-state index in [4.69, 9.17) is 0 Å².